The van der Waals surface area contributed by atoms with Crippen LogP contribution in [-0.4, -0.2) is 42.9 Å². The van der Waals surface area contributed by atoms with Crippen molar-refractivity contribution < 1.29 is 33.4 Å². The summed E-state index contributed by atoms with van der Waals surface area (Å²) in [7, 11) is 0. The van der Waals surface area contributed by atoms with Crippen molar-refractivity contribution in [3.63, 3.8) is 0 Å². The van der Waals surface area contributed by atoms with Gasteiger partial charge in [-0.3, -0.25) is 30.0 Å². The number of halogens is 1. The van der Waals surface area contributed by atoms with E-state index in [1.54, 1.807) is 18.2 Å². The molecule has 0 saturated heterocycles. The van der Waals surface area contributed by atoms with Crippen molar-refractivity contribution in [3.05, 3.63) is 64.7 Å². The molecule has 3 amide bonds. The molecular weight excluding hydrogens is 478 g/mol. The second-order valence-electron chi connectivity index (χ2n) is 7.26. The van der Waals surface area contributed by atoms with E-state index >= 15 is 0 Å². The number of benzene rings is 2. The van der Waals surface area contributed by atoms with Gasteiger partial charge in [-0.1, -0.05) is 30.7 Å². The molecule has 0 aliphatic heterocycles. The topological polar surface area (TPSA) is 140 Å². The van der Waals surface area contributed by atoms with Crippen molar-refractivity contribution in [2.75, 3.05) is 18.5 Å². The largest absolute Gasteiger partial charge is 0.462 e. The lowest BCUT2D eigenvalue weighted by Crippen LogP contribution is -2.41. The zero-order valence-corrected chi connectivity index (χ0v) is 19.9. The summed E-state index contributed by atoms with van der Waals surface area (Å²) in [6.07, 6.45) is 0.739. The minimum Gasteiger partial charge on any atom is -0.462 e. The van der Waals surface area contributed by atoms with Crippen LogP contribution in [0.25, 0.3) is 0 Å². The molecule has 10 nitrogen and oxygen atoms in total. The molecule has 2 rings (SSSR count). The summed E-state index contributed by atoms with van der Waals surface area (Å²) in [5, 5.41) is 2.79. The third kappa shape index (κ3) is 9.85. The van der Waals surface area contributed by atoms with Crippen LogP contribution in [-0.2, 0) is 23.9 Å². The van der Waals surface area contributed by atoms with E-state index < -0.39 is 36.3 Å². The molecule has 2 aromatic carbocycles. The summed E-state index contributed by atoms with van der Waals surface area (Å²) in [6.45, 7) is 1.72. The molecule has 0 aliphatic rings. The van der Waals surface area contributed by atoms with Crippen molar-refractivity contribution in [2.24, 2.45) is 0 Å². The highest BCUT2D eigenvalue weighted by molar-refractivity contribution is 6.33. The molecule has 0 fully saturated rings. The zero-order valence-electron chi connectivity index (χ0n) is 19.1. The van der Waals surface area contributed by atoms with E-state index in [1.807, 2.05) is 6.92 Å². The van der Waals surface area contributed by atoms with E-state index in [0.29, 0.717) is 24.3 Å². The lowest BCUT2D eigenvalue weighted by Gasteiger charge is -2.09. The molecule has 2 aromatic rings. The standard InChI is InChI=1S/C24H26ClN3O7/c1-2-14-34-24(33)16-10-12-17(13-11-16)26-21(30)15-35-22(31)9-5-8-20(29)27-28-23(32)18-6-3-4-7-19(18)25/h3-4,6-7,10-13H,2,5,8-9,14-15H2,1H3,(H,26,30)(H,27,29)(H,28,32). The van der Waals surface area contributed by atoms with Gasteiger partial charge in [0.2, 0.25) is 5.91 Å². The fraction of sp³-hybridized carbons (Fsp3) is 0.292. The Morgan fingerprint density at radius 3 is 2.26 bits per heavy atom. The maximum absolute atomic E-state index is 12.0. The zero-order chi connectivity index (χ0) is 25.6. The van der Waals surface area contributed by atoms with Gasteiger partial charge in [0.15, 0.2) is 6.61 Å². The molecule has 0 atom stereocenters. The molecule has 0 unspecified atom stereocenters. The van der Waals surface area contributed by atoms with Crippen molar-refractivity contribution in [3.8, 4) is 0 Å². The molecule has 3 N–H and O–H groups in total. The van der Waals surface area contributed by atoms with Crippen molar-refractivity contribution in [1.82, 2.24) is 10.9 Å². The fourth-order valence-corrected chi connectivity index (χ4v) is 2.90. The quantitative estimate of drug-likeness (QED) is 0.316. The van der Waals surface area contributed by atoms with Gasteiger partial charge < -0.3 is 14.8 Å². The Morgan fingerprint density at radius 1 is 0.857 bits per heavy atom. The molecular formula is C24H26ClN3O7. The van der Waals surface area contributed by atoms with Gasteiger partial charge in [-0.15, -0.1) is 0 Å². The van der Waals surface area contributed by atoms with Gasteiger partial charge in [0.05, 0.1) is 22.8 Å². The lowest BCUT2D eigenvalue weighted by molar-refractivity contribution is -0.147. The first-order chi connectivity index (χ1) is 16.8. The van der Waals surface area contributed by atoms with Gasteiger partial charge in [-0.25, -0.2) is 4.79 Å². The molecule has 0 aliphatic carbocycles. The Balaban J connectivity index is 1.62. The minimum absolute atomic E-state index is 0.0445. The second kappa shape index (κ2) is 14.4. The number of hydrogen-bond donors (Lipinski definition) is 3. The smallest absolute Gasteiger partial charge is 0.338 e. The average molecular weight is 504 g/mol. The molecule has 186 valence electrons. The lowest BCUT2D eigenvalue weighted by atomic mass is 10.2. The van der Waals surface area contributed by atoms with Gasteiger partial charge in [0.1, 0.15) is 0 Å². The molecule has 0 aromatic heterocycles. The first kappa shape index (κ1) is 27.3. The van der Waals surface area contributed by atoms with Crippen molar-refractivity contribution in [1.29, 1.82) is 0 Å². The van der Waals surface area contributed by atoms with E-state index in [2.05, 4.69) is 16.2 Å². The van der Waals surface area contributed by atoms with E-state index in [0.717, 1.165) is 0 Å². The Labute approximate surface area is 207 Å². The van der Waals surface area contributed by atoms with Gasteiger partial charge in [-0.05, 0) is 49.2 Å². The van der Waals surface area contributed by atoms with Crippen LogP contribution in [0.1, 0.15) is 53.3 Å². The van der Waals surface area contributed by atoms with Crippen LogP contribution in [0.15, 0.2) is 48.5 Å². The third-order valence-corrected chi connectivity index (χ3v) is 4.75. The third-order valence-electron chi connectivity index (χ3n) is 4.42. The van der Waals surface area contributed by atoms with Crippen molar-refractivity contribution >= 4 is 46.9 Å². The van der Waals surface area contributed by atoms with E-state index in [1.165, 1.54) is 30.3 Å². The number of esters is 2. The van der Waals surface area contributed by atoms with Crippen LogP contribution >= 0.6 is 11.6 Å². The number of ether oxygens (including phenoxy) is 2. The van der Waals surface area contributed by atoms with Gasteiger partial charge in [0.25, 0.3) is 11.8 Å². The predicted molar refractivity (Wildman–Crippen MR) is 128 cm³/mol. The van der Waals surface area contributed by atoms with Crippen LogP contribution in [0, 0.1) is 0 Å². The molecule has 11 heteroatoms. The SMILES string of the molecule is CCCOC(=O)c1ccc(NC(=O)COC(=O)CCCC(=O)NNC(=O)c2ccccc2Cl)cc1. The molecule has 0 radical (unpaired) electrons. The predicted octanol–water partition coefficient (Wildman–Crippen LogP) is 3.02. The van der Waals surface area contributed by atoms with Crippen LogP contribution in [0.4, 0.5) is 5.69 Å². The van der Waals surface area contributed by atoms with E-state index in [9.17, 15) is 24.0 Å². The van der Waals surface area contributed by atoms with Crippen LogP contribution in [0.3, 0.4) is 0 Å². The number of nitrogens with one attached hydrogen (secondary N) is 3. The Morgan fingerprint density at radius 2 is 1.57 bits per heavy atom. The summed E-state index contributed by atoms with van der Waals surface area (Å²) in [4.78, 5) is 59.3. The summed E-state index contributed by atoms with van der Waals surface area (Å²) in [5.41, 5.74) is 5.47. The fourth-order valence-electron chi connectivity index (χ4n) is 2.68. The van der Waals surface area contributed by atoms with Crippen LogP contribution in [0.2, 0.25) is 5.02 Å². The summed E-state index contributed by atoms with van der Waals surface area (Å²) >= 11 is 5.91. The highest BCUT2D eigenvalue weighted by atomic mass is 35.5. The number of hydrazine groups is 1. The van der Waals surface area contributed by atoms with Crippen molar-refractivity contribution in [2.45, 2.75) is 32.6 Å². The summed E-state index contributed by atoms with van der Waals surface area (Å²) in [5.74, 6) is -2.73. The first-order valence-corrected chi connectivity index (χ1v) is 11.2. The summed E-state index contributed by atoms with van der Waals surface area (Å²) < 4.78 is 9.92. The van der Waals surface area contributed by atoms with Gasteiger partial charge in [-0.2, -0.15) is 0 Å². The Bertz CT molecular complexity index is 1060. The van der Waals surface area contributed by atoms with E-state index in [-0.39, 0.29) is 29.8 Å². The van der Waals surface area contributed by atoms with Gasteiger partial charge >= 0.3 is 11.9 Å². The highest BCUT2D eigenvalue weighted by Crippen LogP contribution is 2.14. The number of carbonyl (C=O) groups excluding carboxylic acids is 5. The molecule has 0 bridgehead atoms. The molecule has 0 heterocycles. The Kier molecular flexibility index (Phi) is 11.2. The normalized spacial score (nSPS) is 10.1. The maximum Gasteiger partial charge on any atom is 0.338 e. The molecule has 0 spiro atoms. The number of hydrogen-bond acceptors (Lipinski definition) is 7. The number of carbonyl (C=O) groups is 5. The summed E-state index contributed by atoms with van der Waals surface area (Å²) in [6, 6.07) is 12.5. The second-order valence-corrected chi connectivity index (χ2v) is 7.67. The number of anilines is 1. The van der Waals surface area contributed by atoms with Crippen LogP contribution < -0.4 is 16.2 Å². The van der Waals surface area contributed by atoms with E-state index in [4.69, 9.17) is 21.1 Å². The Hall–Kier alpha value is -3.92. The van der Waals surface area contributed by atoms with Crippen LogP contribution in [0.5, 0.6) is 0 Å². The monoisotopic (exact) mass is 503 g/mol. The minimum atomic E-state index is -0.651. The first-order valence-electron chi connectivity index (χ1n) is 10.9. The number of rotatable bonds is 11. The molecule has 35 heavy (non-hydrogen) atoms. The van der Waals surface area contributed by atoms with Gasteiger partial charge in [0, 0.05) is 18.5 Å². The number of amides is 3. The average Bonchev–Trinajstić information content (AvgIpc) is 2.85. The molecule has 0 saturated carbocycles. The highest BCUT2D eigenvalue weighted by Gasteiger charge is 2.13. The maximum atomic E-state index is 12.0.